The van der Waals surface area contributed by atoms with Crippen LogP contribution in [0.4, 0.5) is 5.69 Å². The minimum Gasteiger partial charge on any atom is -0.323 e. The molecule has 2 heterocycles. The Hall–Kier alpha value is -2.65. The monoisotopic (exact) mass is 361 g/mol. The highest BCUT2D eigenvalue weighted by Crippen LogP contribution is 2.26. The third kappa shape index (κ3) is 2.47. The van der Waals surface area contributed by atoms with Crippen LogP contribution in [-0.2, 0) is 0 Å². The van der Waals surface area contributed by atoms with Gasteiger partial charge in [0.2, 0.25) is 0 Å². The zero-order chi connectivity index (χ0) is 17.6. The molecule has 3 rings (SSSR count). The predicted octanol–water partition coefficient (Wildman–Crippen LogP) is 3.33. The number of benzene rings is 1. The minimum atomic E-state index is -0.624. The first kappa shape index (κ1) is 16.2. The molecule has 0 radical (unpaired) electrons. The molecule has 2 aromatic heterocycles. The molecular formula is C15H11N3O4S2. The molecule has 1 N–H and O–H groups in total. The smallest absolute Gasteiger partial charge is 0.270 e. The van der Waals surface area contributed by atoms with Gasteiger partial charge in [0.25, 0.3) is 17.2 Å². The van der Waals surface area contributed by atoms with E-state index in [-0.39, 0.29) is 16.0 Å². The van der Waals surface area contributed by atoms with E-state index in [2.05, 4.69) is 4.98 Å². The number of rotatable bonds is 2. The third-order valence-electron chi connectivity index (χ3n) is 3.75. The maximum atomic E-state index is 12.7. The van der Waals surface area contributed by atoms with Gasteiger partial charge in [-0.05, 0) is 43.8 Å². The van der Waals surface area contributed by atoms with Crippen molar-refractivity contribution in [3.63, 3.8) is 0 Å². The van der Waals surface area contributed by atoms with Gasteiger partial charge in [0.1, 0.15) is 4.83 Å². The molecule has 24 heavy (non-hydrogen) atoms. The summed E-state index contributed by atoms with van der Waals surface area (Å²) in [6, 6.07) is 5.03. The van der Waals surface area contributed by atoms with Gasteiger partial charge in [-0.3, -0.25) is 19.7 Å². The van der Waals surface area contributed by atoms with E-state index >= 15 is 0 Å². The van der Waals surface area contributed by atoms with Gasteiger partial charge in [0, 0.05) is 22.6 Å². The average Bonchev–Trinajstić information content (AvgIpc) is 2.81. The van der Waals surface area contributed by atoms with E-state index < -0.39 is 16.4 Å². The maximum Gasteiger partial charge on any atom is 0.270 e. The van der Waals surface area contributed by atoms with Crippen molar-refractivity contribution in [3.05, 3.63) is 65.5 Å². The van der Waals surface area contributed by atoms with E-state index in [1.54, 1.807) is 0 Å². The molecule has 7 nitrogen and oxygen atoms in total. The summed E-state index contributed by atoms with van der Waals surface area (Å²) in [5.41, 5.74) is 0.324. The van der Waals surface area contributed by atoms with Crippen molar-refractivity contribution in [2.45, 2.75) is 13.8 Å². The number of aromatic amines is 1. The Morgan fingerprint density at radius 1 is 1.29 bits per heavy atom. The number of carbonyl (C=O) groups excluding carboxylic acids is 1. The fourth-order valence-corrected chi connectivity index (χ4v) is 3.75. The van der Waals surface area contributed by atoms with Crippen LogP contribution in [-0.4, -0.2) is 20.4 Å². The van der Waals surface area contributed by atoms with Crippen molar-refractivity contribution in [3.8, 4) is 0 Å². The molecule has 9 heteroatoms. The van der Waals surface area contributed by atoms with Crippen LogP contribution in [0.5, 0.6) is 0 Å². The molecule has 0 atom stereocenters. The zero-order valence-corrected chi connectivity index (χ0v) is 14.3. The van der Waals surface area contributed by atoms with Crippen molar-refractivity contribution in [1.29, 1.82) is 0 Å². The average molecular weight is 361 g/mol. The Morgan fingerprint density at radius 3 is 2.50 bits per heavy atom. The van der Waals surface area contributed by atoms with E-state index in [0.717, 1.165) is 15.0 Å². The summed E-state index contributed by atoms with van der Waals surface area (Å²) in [5.74, 6) is -0.624. The standard InChI is InChI=1S/C15H11N3O4S2/c1-7-8(2)24-12-11(7)14(20)17(15(23)16-12)13(19)9-3-5-10(6-4-9)18(21)22/h3-6H,1-2H3,(H,16,23). The molecule has 122 valence electrons. The Kier molecular flexibility index (Phi) is 3.90. The van der Waals surface area contributed by atoms with Crippen LogP contribution in [0, 0.1) is 28.7 Å². The van der Waals surface area contributed by atoms with E-state index in [4.69, 9.17) is 12.2 Å². The molecule has 0 bridgehead atoms. The van der Waals surface area contributed by atoms with Crippen LogP contribution in [0.25, 0.3) is 10.2 Å². The highest BCUT2D eigenvalue weighted by Gasteiger charge is 2.18. The molecule has 0 amide bonds. The van der Waals surface area contributed by atoms with Crippen LogP contribution in [0.2, 0.25) is 0 Å². The molecule has 0 aliphatic carbocycles. The molecule has 0 aliphatic rings. The number of hydrogen-bond acceptors (Lipinski definition) is 6. The lowest BCUT2D eigenvalue weighted by atomic mass is 10.2. The predicted molar refractivity (Wildman–Crippen MR) is 93.6 cm³/mol. The van der Waals surface area contributed by atoms with Gasteiger partial charge in [-0.2, -0.15) is 0 Å². The van der Waals surface area contributed by atoms with E-state index in [1.807, 2.05) is 13.8 Å². The number of nitrogens with zero attached hydrogens (tertiary/aromatic N) is 2. The fraction of sp³-hybridized carbons (Fsp3) is 0.133. The van der Waals surface area contributed by atoms with E-state index in [9.17, 15) is 19.7 Å². The van der Waals surface area contributed by atoms with Gasteiger partial charge < -0.3 is 4.98 Å². The fourth-order valence-electron chi connectivity index (χ4n) is 2.37. The Labute approximate surface area is 144 Å². The largest absolute Gasteiger partial charge is 0.323 e. The maximum absolute atomic E-state index is 12.7. The molecular weight excluding hydrogens is 350 g/mol. The number of fused-ring (bicyclic) bond motifs is 1. The van der Waals surface area contributed by atoms with Gasteiger partial charge in [-0.1, -0.05) is 0 Å². The van der Waals surface area contributed by atoms with Gasteiger partial charge in [-0.25, -0.2) is 4.57 Å². The second kappa shape index (κ2) is 5.77. The van der Waals surface area contributed by atoms with Crippen LogP contribution in [0.1, 0.15) is 20.8 Å². The lowest BCUT2D eigenvalue weighted by molar-refractivity contribution is -0.384. The lowest BCUT2D eigenvalue weighted by Gasteiger charge is -2.05. The molecule has 3 aromatic rings. The van der Waals surface area contributed by atoms with Crippen LogP contribution >= 0.6 is 23.6 Å². The third-order valence-corrected chi connectivity index (χ3v) is 5.16. The first-order valence-electron chi connectivity index (χ1n) is 6.85. The molecule has 0 unspecified atom stereocenters. The van der Waals surface area contributed by atoms with Crippen molar-refractivity contribution >= 4 is 45.4 Å². The number of thiophene rings is 1. The van der Waals surface area contributed by atoms with Crippen LogP contribution in [0.3, 0.4) is 0 Å². The quantitative estimate of drug-likeness (QED) is 0.429. The number of nitro benzene ring substituents is 1. The zero-order valence-electron chi connectivity index (χ0n) is 12.7. The van der Waals surface area contributed by atoms with Gasteiger partial charge in [0.15, 0.2) is 4.77 Å². The molecule has 0 saturated carbocycles. The van der Waals surface area contributed by atoms with Gasteiger partial charge >= 0.3 is 0 Å². The minimum absolute atomic E-state index is 0.00268. The second-order valence-corrected chi connectivity index (χ2v) is 6.78. The van der Waals surface area contributed by atoms with Crippen molar-refractivity contribution in [1.82, 2.24) is 9.55 Å². The van der Waals surface area contributed by atoms with Crippen molar-refractivity contribution in [2.24, 2.45) is 0 Å². The summed E-state index contributed by atoms with van der Waals surface area (Å²) in [6.07, 6.45) is 0. The highest BCUT2D eigenvalue weighted by atomic mass is 32.1. The Balaban J connectivity index is 2.20. The van der Waals surface area contributed by atoms with Crippen molar-refractivity contribution in [2.75, 3.05) is 0 Å². The normalized spacial score (nSPS) is 10.9. The molecule has 0 aliphatic heterocycles. The number of hydrogen-bond donors (Lipinski definition) is 1. The number of carbonyl (C=O) groups is 1. The summed E-state index contributed by atoms with van der Waals surface area (Å²) in [5, 5.41) is 11.1. The van der Waals surface area contributed by atoms with E-state index in [1.165, 1.54) is 35.6 Å². The summed E-state index contributed by atoms with van der Waals surface area (Å²) < 4.78 is 0.884. The first-order chi connectivity index (χ1) is 11.3. The number of non-ortho nitro benzene ring substituents is 1. The van der Waals surface area contributed by atoms with E-state index in [0.29, 0.717) is 10.2 Å². The number of nitro groups is 1. The number of H-pyrrole nitrogens is 1. The van der Waals surface area contributed by atoms with Gasteiger partial charge in [-0.15, -0.1) is 11.3 Å². The number of aromatic nitrogens is 2. The van der Waals surface area contributed by atoms with Crippen LogP contribution in [0.15, 0.2) is 29.1 Å². The van der Waals surface area contributed by atoms with Crippen LogP contribution < -0.4 is 5.56 Å². The Bertz CT molecular complexity index is 1110. The number of aryl methyl sites for hydroxylation is 2. The molecule has 1 aromatic carbocycles. The molecule has 0 spiro atoms. The summed E-state index contributed by atoms with van der Waals surface area (Å²) in [4.78, 5) is 40.0. The van der Waals surface area contributed by atoms with Crippen molar-refractivity contribution < 1.29 is 9.72 Å². The molecule has 0 fully saturated rings. The molecule has 0 saturated heterocycles. The highest BCUT2D eigenvalue weighted by molar-refractivity contribution is 7.71. The summed E-state index contributed by atoms with van der Waals surface area (Å²) in [6.45, 7) is 3.70. The summed E-state index contributed by atoms with van der Waals surface area (Å²) >= 11 is 6.55. The lowest BCUT2D eigenvalue weighted by Crippen LogP contribution is -2.29. The second-order valence-electron chi connectivity index (χ2n) is 5.17. The first-order valence-corrected chi connectivity index (χ1v) is 8.08. The topological polar surface area (TPSA) is 98.0 Å². The SMILES string of the molecule is Cc1sc2[nH]c(=S)n(C(=O)c3ccc([N+](=O)[O-])cc3)c(=O)c2c1C. The summed E-state index contributed by atoms with van der Waals surface area (Å²) in [7, 11) is 0. The Morgan fingerprint density at radius 2 is 1.92 bits per heavy atom. The number of nitrogens with one attached hydrogen (secondary N) is 1. The van der Waals surface area contributed by atoms with Gasteiger partial charge in [0.05, 0.1) is 10.3 Å².